The van der Waals surface area contributed by atoms with E-state index >= 15 is 0 Å². The molecule has 1 saturated heterocycles. The number of pyridine rings is 1. The van der Waals surface area contributed by atoms with Crippen LogP contribution in [0.1, 0.15) is 25.5 Å². The summed E-state index contributed by atoms with van der Waals surface area (Å²) >= 11 is 0. The molecule has 1 atom stereocenters. The van der Waals surface area contributed by atoms with Crippen LogP contribution in [0.2, 0.25) is 0 Å². The molecule has 1 aromatic carbocycles. The van der Waals surface area contributed by atoms with E-state index in [-0.39, 0.29) is 0 Å². The van der Waals surface area contributed by atoms with Crippen molar-refractivity contribution < 1.29 is 9.47 Å². The number of nitrogens with zero attached hydrogens (tertiary/aromatic N) is 2. The van der Waals surface area contributed by atoms with Gasteiger partial charge in [0.25, 0.3) is 0 Å². The molecule has 0 saturated carbocycles. The molecule has 124 valence electrons. The molecule has 2 aromatic rings. The number of benzene rings is 1. The fraction of sp³-hybridized carbons (Fsp3) is 0.526. The number of ether oxygens (including phenoxy) is 2. The van der Waals surface area contributed by atoms with Crippen molar-refractivity contribution in [1.82, 2.24) is 9.88 Å². The Bertz CT molecular complexity index is 642. The minimum absolute atomic E-state index is 0.656. The molecule has 1 aliphatic rings. The monoisotopic (exact) mass is 314 g/mol. The van der Waals surface area contributed by atoms with Crippen molar-refractivity contribution in [3.05, 3.63) is 36.0 Å². The van der Waals surface area contributed by atoms with Gasteiger partial charge in [0.2, 0.25) is 0 Å². The molecule has 0 bridgehead atoms. The maximum absolute atomic E-state index is 5.55. The summed E-state index contributed by atoms with van der Waals surface area (Å²) in [6.45, 7) is 6.74. The molecule has 1 aliphatic heterocycles. The normalized spacial score (nSPS) is 19.1. The van der Waals surface area contributed by atoms with Crippen molar-refractivity contribution in [2.75, 3.05) is 33.4 Å². The summed E-state index contributed by atoms with van der Waals surface area (Å²) in [4.78, 5) is 7.31. The van der Waals surface area contributed by atoms with Crippen molar-refractivity contribution in [2.45, 2.75) is 26.3 Å². The van der Waals surface area contributed by atoms with Crippen LogP contribution in [-0.2, 0) is 11.3 Å². The first-order valence-electron chi connectivity index (χ1n) is 8.52. The highest BCUT2D eigenvalue weighted by atomic mass is 16.5. The molecule has 0 unspecified atom stereocenters. The van der Waals surface area contributed by atoms with Gasteiger partial charge in [0.15, 0.2) is 0 Å². The number of rotatable bonds is 6. The topological polar surface area (TPSA) is 34.6 Å². The highest BCUT2D eigenvalue weighted by molar-refractivity contribution is 5.80. The van der Waals surface area contributed by atoms with Gasteiger partial charge in [-0.25, -0.2) is 0 Å². The zero-order valence-electron chi connectivity index (χ0n) is 14.1. The lowest BCUT2D eigenvalue weighted by Gasteiger charge is -2.32. The summed E-state index contributed by atoms with van der Waals surface area (Å²) in [7, 11) is 1.79. The van der Waals surface area contributed by atoms with Crippen LogP contribution in [0.15, 0.2) is 30.3 Å². The molecule has 2 heterocycles. The minimum Gasteiger partial charge on any atom is -0.494 e. The molecule has 0 spiro atoms. The highest BCUT2D eigenvalue weighted by Crippen LogP contribution is 2.22. The fourth-order valence-corrected chi connectivity index (χ4v) is 3.39. The quantitative estimate of drug-likeness (QED) is 0.817. The van der Waals surface area contributed by atoms with E-state index in [1.165, 1.54) is 12.8 Å². The van der Waals surface area contributed by atoms with E-state index < -0.39 is 0 Å². The lowest BCUT2D eigenvalue weighted by Crippen LogP contribution is -2.36. The average molecular weight is 314 g/mol. The zero-order valence-corrected chi connectivity index (χ0v) is 14.1. The lowest BCUT2D eigenvalue weighted by molar-refractivity contribution is 0.0868. The SMILES string of the molecule is CCOc1ccc2nc(CN3CCC[C@@H](COC)C3)ccc2c1. The summed E-state index contributed by atoms with van der Waals surface area (Å²) < 4.78 is 10.9. The van der Waals surface area contributed by atoms with E-state index in [0.717, 1.165) is 48.6 Å². The summed E-state index contributed by atoms with van der Waals surface area (Å²) in [5, 5.41) is 1.13. The number of methoxy groups -OCH3 is 1. The van der Waals surface area contributed by atoms with Crippen LogP contribution in [0, 0.1) is 5.92 Å². The van der Waals surface area contributed by atoms with Gasteiger partial charge in [-0.2, -0.15) is 0 Å². The van der Waals surface area contributed by atoms with Crippen LogP contribution in [0.25, 0.3) is 10.9 Å². The maximum atomic E-state index is 5.55. The number of aromatic nitrogens is 1. The molecule has 0 N–H and O–H groups in total. The van der Waals surface area contributed by atoms with Crippen molar-refractivity contribution in [3.63, 3.8) is 0 Å². The number of likely N-dealkylation sites (tertiary alicyclic amines) is 1. The Hall–Kier alpha value is -1.65. The Labute approximate surface area is 138 Å². The fourth-order valence-electron chi connectivity index (χ4n) is 3.39. The number of fused-ring (bicyclic) bond motifs is 1. The van der Waals surface area contributed by atoms with Crippen molar-refractivity contribution in [3.8, 4) is 5.75 Å². The third-order valence-corrected chi connectivity index (χ3v) is 4.42. The van der Waals surface area contributed by atoms with Crippen molar-refractivity contribution in [2.24, 2.45) is 5.92 Å². The van der Waals surface area contributed by atoms with Crippen LogP contribution < -0.4 is 4.74 Å². The second-order valence-electron chi connectivity index (χ2n) is 6.29. The molecule has 0 aliphatic carbocycles. The van der Waals surface area contributed by atoms with Gasteiger partial charge in [-0.05, 0) is 56.5 Å². The highest BCUT2D eigenvalue weighted by Gasteiger charge is 2.20. The van der Waals surface area contributed by atoms with E-state index in [1.807, 2.05) is 19.1 Å². The predicted molar refractivity (Wildman–Crippen MR) is 92.8 cm³/mol. The third-order valence-electron chi connectivity index (χ3n) is 4.42. The van der Waals surface area contributed by atoms with Gasteiger partial charge in [0, 0.05) is 25.6 Å². The molecular formula is C19H26N2O2. The van der Waals surface area contributed by atoms with Gasteiger partial charge >= 0.3 is 0 Å². The Balaban J connectivity index is 1.69. The number of piperidine rings is 1. The van der Waals surface area contributed by atoms with Gasteiger partial charge in [-0.1, -0.05) is 6.07 Å². The minimum atomic E-state index is 0.656. The zero-order chi connectivity index (χ0) is 16.1. The molecule has 3 rings (SSSR count). The molecular weight excluding hydrogens is 288 g/mol. The Morgan fingerprint density at radius 3 is 3.00 bits per heavy atom. The maximum Gasteiger partial charge on any atom is 0.120 e. The van der Waals surface area contributed by atoms with Gasteiger partial charge in [0.1, 0.15) is 5.75 Å². The van der Waals surface area contributed by atoms with Crippen molar-refractivity contribution in [1.29, 1.82) is 0 Å². The van der Waals surface area contributed by atoms with Gasteiger partial charge < -0.3 is 9.47 Å². The van der Waals surface area contributed by atoms with Crippen LogP contribution in [0.4, 0.5) is 0 Å². The first-order valence-corrected chi connectivity index (χ1v) is 8.52. The summed E-state index contributed by atoms with van der Waals surface area (Å²) in [5.41, 5.74) is 2.18. The smallest absolute Gasteiger partial charge is 0.120 e. The largest absolute Gasteiger partial charge is 0.494 e. The van der Waals surface area contributed by atoms with Crippen LogP contribution in [0.3, 0.4) is 0 Å². The first-order chi connectivity index (χ1) is 11.3. The first kappa shape index (κ1) is 16.2. The van der Waals surface area contributed by atoms with Crippen LogP contribution >= 0.6 is 0 Å². The molecule has 4 nitrogen and oxygen atoms in total. The Kier molecular flexibility index (Phi) is 5.47. The van der Waals surface area contributed by atoms with Gasteiger partial charge in [-0.15, -0.1) is 0 Å². The molecule has 1 aromatic heterocycles. The predicted octanol–water partition coefficient (Wildman–Crippen LogP) is 3.49. The van der Waals surface area contributed by atoms with E-state index in [0.29, 0.717) is 12.5 Å². The summed E-state index contributed by atoms with van der Waals surface area (Å²) in [6, 6.07) is 10.4. The second kappa shape index (κ2) is 7.75. The van der Waals surface area contributed by atoms with E-state index in [2.05, 4.69) is 23.1 Å². The molecule has 23 heavy (non-hydrogen) atoms. The molecule has 4 heteroatoms. The molecule has 1 fully saturated rings. The number of hydrogen-bond donors (Lipinski definition) is 0. The van der Waals surface area contributed by atoms with Gasteiger partial charge in [0.05, 0.1) is 24.4 Å². The van der Waals surface area contributed by atoms with E-state index in [4.69, 9.17) is 14.5 Å². The molecule has 0 amide bonds. The summed E-state index contributed by atoms with van der Waals surface area (Å²) in [5.74, 6) is 1.57. The third kappa shape index (κ3) is 4.21. The van der Waals surface area contributed by atoms with Gasteiger partial charge in [-0.3, -0.25) is 9.88 Å². The standard InChI is InChI=1S/C19H26N2O2/c1-3-23-18-8-9-19-16(11-18)6-7-17(20-19)13-21-10-4-5-15(12-21)14-22-2/h6-9,11,15H,3-5,10,12-14H2,1-2H3/t15-/m1/s1. The molecule has 0 radical (unpaired) electrons. The van der Waals surface area contributed by atoms with E-state index in [1.54, 1.807) is 7.11 Å². The number of hydrogen-bond acceptors (Lipinski definition) is 4. The van der Waals surface area contributed by atoms with Crippen LogP contribution in [-0.4, -0.2) is 43.3 Å². The average Bonchev–Trinajstić information content (AvgIpc) is 2.56. The van der Waals surface area contributed by atoms with Crippen LogP contribution in [0.5, 0.6) is 5.75 Å². The Morgan fingerprint density at radius 2 is 2.17 bits per heavy atom. The Morgan fingerprint density at radius 1 is 1.26 bits per heavy atom. The van der Waals surface area contributed by atoms with E-state index in [9.17, 15) is 0 Å². The summed E-state index contributed by atoms with van der Waals surface area (Å²) in [6.07, 6.45) is 2.52. The second-order valence-corrected chi connectivity index (χ2v) is 6.29. The lowest BCUT2D eigenvalue weighted by atomic mass is 9.99. The van der Waals surface area contributed by atoms with Crippen molar-refractivity contribution >= 4 is 10.9 Å².